The highest BCUT2D eigenvalue weighted by Crippen LogP contribution is 2.22. The molecule has 7 heteroatoms. The molecule has 0 aliphatic carbocycles. The molecule has 0 N–H and O–H groups in total. The first-order valence-electron chi connectivity index (χ1n) is 7.78. The molecule has 0 saturated carbocycles. The van der Waals surface area contributed by atoms with E-state index in [1.54, 1.807) is 40.4 Å². The first-order chi connectivity index (χ1) is 12.7. The average Bonchev–Trinajstić information content (AvgIpc) is 3.09. The normalized spacial score (nSPS) is 11.2. The molecule has 0 atom stereocenters. The van der Waals surface area contributed by atoms with Gasteiger partial charge in [-0.2, -0.15) is 4.99 Å². The number of nitrogens with zero attached hydrogens (tertiary/aromatic N) is 2. The molecule has 3 aromatic rings. The van der Waals surface area contributed by atoms with Crippen LogP contribution >= 0.6 is 11.3 Å². The number of amides is 1. The van der Waals surface area contributed by atoms with Crippen molar-refractivity contribution < 1.29 is 19.1 Å². The summed E-state index contributed by atoms with van der Waals surface area (Å²) < 4.78 is 11.9. The van der Waals surface area contributed by atoms with Gasteiger partial charge in [0, 0.05) is 17.1 Å². The number of hydrogen-bond donors (Lipinski definition) is 0. The number of para-hydroxylation sites is 1. The predicted octanol–water partition coefficient (Wildman–Crippen LogP) is 3.26. The fourth-order valence-corrected chi connectivity index (χ4v) is 2.91. The van der Waals surface area contributed by atoms with Crippen molar-refractivity contribution >= 4 is 23.2 Å². The molecule has 0 saturated heterocycles. The van der Waals surface area contributed by atoms with E-state index in [9.17, 15) is 9.59 Å². The van der Waals surface area contributed by atoms with Crippen LogP contribution < -0.4 is 9.54 Å². The van der Waals surface area contributed by atoms with Gasteiger partial charge < -0.3 is 14.0 Å². The monoisotopic (exact) mass is 368 g/mol. The molecule has 0 aliphatic rings. The second-order valence-electron chi connectivity index (χ2n) is 5.25. The second-order valence-corrected chi connectivity index (χ2v) is 6.12. The number of thiazole rings is 1. The van der Waals surface area contributed by atoms with Crippen molar-refractivity contribution in [3.05, 3.63) is 76.5 Å². The molecule has 1 heterocycles. The fraction of sp³-hybridized carbons (Fsp3) is 0.105. The lowest BCUT2D eigenvalue weighted by Crippen LogP contribution is -2.21. The van der Waals surface area contributed by atoms with Crippen LogP contribution in [0.1, 0.15) is 10.4 Å². The molecule has 0 radical (unpaired) electrons. The van der Waals surface area contributed by atoms with Gasteiger partial charge in [-0.1, -0.05) is 24.3 Å². The number of carbonyl (C=O) groups is 2. The van der Waals surface area contributed by atoms with Crippen LogP contribution in [0.2, 0.25) is 0 Å². The summed E-state index contributed by atoms with van der Waals surface area (Å²) in [6.45, 7) is 0.00325. The highest BCUT2D eigenvalue weighted by Gasteiger charge is 2.09. The van der Waals surface area contributed by atoms with Crippen LogP contribution in [0.15, 0.2) is 71.2 Å². The predicted molar refractivity (Wildman–Crippen MR) is 97.2 cm³/mol. The Morgan fingerprint density at radius 1 is 1.08 bits per heavy atom. The van der Waals surface area contributed by atoms with E-state index < -0.39 is 11.9 Å². The quantitative estimate of drug-likeness (QED) is 0.648. The number of carbonyl (C=O) groups excluding carboxylic acids is 2. The van der Waals surface area contributed by atoms with Gasteiger partial charge in [0.15, 0.2) is 4.80 Å². The van der Waals surface area contributed by atoms with E-state index in [1.807, 2.05) is 30.3 Å². The summed E-state index contributed by atoms with van der Waals surface area (Å²) in [5.41, 5.74) is 0.399. The summed E-state index contributed by atoms with van der Waals surface area (Å²) in [4.78, 5) is 28.4. The SMILES string of the molecule is COC(=O)Cn1ccsc1=NC(=O)c1cccc(Oc2ccccc2)c1. The highest BCUT2D eigenvalue weighted by molar-refractivity contribution is 7.07. The van der Waals surface area contributed by atoms with Gasteiger partial charge in [-0.25, -0.2) is 0 Å². The minimum atomic E-state index is -0.412. The third kappa shape index (κ3) is 4.46. The summed E-state index contributed by atoms with van der Waals surface area (Å²) in [5, 5.41) is 1.75. The average molecular weight is 368 g/mol. The van der Waals surface area contributed by atoms with E-state index in [1.165, 1.54) is 18.4 Å². The van der Waals surface area contributed by atoms with E-state index in [0.717, 1.165) is 0 Å². The smallest absolute Gasteiger partial charge is 0.325 e. The van der Waals surface area contributed by atoms with Crippen molar-refractivity contribution in [1.29, 1.82) is 0 Å². The zero-order valence-electron chi connectivity index (χ0n) is 14.0. The van der Waals surface area contributed by atoms with Crippen LogP contribution in [-0.4, -0.2) is 23.6 Å². The lowest BCUT2D eigenvalue weighted by molar-refractivity contribution is -0.141. The topological polar surface area (TPSA) is 69.9 Å². The second kappa shape index (κ2) is 8.26. The van der Waals surface area contributed by atoms with E-state index in [4.69, 9.17) is 4.74 Å². The first kappa shape index (κ1) is 17.6. The molecule has 0 fully saturated rings. The maximum atomic E-state index is 12.5. The molecule has 6 nitrogen and oxygen atoms in total. The zero-order chi connectivity index (χ0) is 18.4. The van der Waals surface area contributed by atoms with Gasteiger partial charge in [0.05, 0.1) is 7.11 Å². The molecule has 0 bridgehead atoms. The summed E-state index contributed by atoms with van der Waals surface area (Å²) in [6, 6.07) is 16.1. The Balaban J connectivity index is 1.82. The first-order valence-corrected chi connectivity index (χ1v) is 8.66. The van der Waals surface area contributed by atoms with Crippen LogP contribution in [0.4, 0.5) is 0 Å². The Labute approximate surface area is 154 Å². The number of ether oxygens (including phenoxy) is 2. The van der Waals surface area contributed by atoms with Gasteiger partial charge in [-0.15, -0.1) is 11.3 Å². The standard InChI is InChI=1S/C19H16N2O4S/c1-24-17(22)13-21-10-11-26-19(21)20-18(23)14-6-5-9-16(12-14)25-15-7-3-2-4-8-15/h2-12H,13H2,1H3. The largest absolute Gasteiger partial charge is 0.468 e. The van der Waals surface area contributed by atoms with Crippen molar-refractivity contribution in [2.45, 2.75) is 6.54 Å². The van der Waals surface area contributed by atoms with E-state index >= 15 is 0 Å². The lowest BCUT2D eigenvalue weighted by Gasteiger charge is -2.06. The molecule has 0 spiro atoms. The third-order valence-electron chi connectivity index (χ3n) is 3.44. The van der Waals surface area contributed by atoms with Gasteiger partial charge in [0.2, 0.25) is 0 Å². The van der Waals surface area contributed by atoms with E-state index in [2.05, 4.69) is 9.73 Å². The van der Waals surface area contributed by atoms with Crippen molar-refractivity contribution in [1.82, 2.24) is 4.57 Å². The van der Waals surface area contributed by atoms with Gasteiger partial charge in [-0.05, 0) is 30.3 Å². The van der Waals surface area contributed by atoms with Gasteiger partial charge in [-0.3, -0.25) is 9.59 Å². The maximum absolute atomic E-state index is 12.5. The molecule has 0 aliphatic heterocycles. The van der Waals surface area contributed by atoms with E-state index in [0.29, 0.717) is 21.9 Å². The molecule has 3 rings (SSSR count). The van der Waals surface area contributed by atoms with Gasteiger partial charge in [0.25, 0.3) is 5.91 Å². The molecule has 132 valence electrons. The third-order valence-corrected chi connectivity index (χ3v) is 4.24. The lowest BCUT2D eigenvalue weighted by atomic mass is 10.2. The molecule has 2 aromatic carbocycles. The van der Waals surface area contributed by atoms with Gasteiger partial charge >= 0.3 is 5.97 Å². The number of esters is 1. The number of hydrogen-bond acceptors (Lipinski definition) is 5. The van der Waals surface area contributed by atoms with Crippen molar-refractivity contribution in [2.75, 3.05) is 7.11 Å². The van der Waals surface area contributed by atoms with Crippen molar-refractivity contribution in [3.8, 4) is 11.5 Å². The molecule has 26 heavy (non-hydrogen) atoms. The van der Waals surface area contributed by atoms with Crippen LogP contribution in [0.3, 0.4) is 0 Å². The maximum Gasteiger partial charge on any atom is 0.325 e. The fourth-order valence-electron chi connectivity index (χ4n) is 2.18. The number of rotatable bonds is 5. The molecule has 1 aromatic heterocycles. The molecule has 1 amide bonds. The van der Waals surface area contributed by atoms with Crippen LogP contribution in [0.25, 0.3) is 0 Å². The number of benzene rings is 2. The number of methoxy groups -OCH3 is 1. The van der Waals surface area contributed by atoms with Crippen molar-refractivity contribution in [2.24, 2.45) is 4.99 Å². The summed E-state index contributed by atoms with van der Waals surface area (Å²) in [7, 11) is 1.31. The van der Waals surface area contributed by atoms with Crippen molar-refractivity contribution in [3.63, 3.8) is 0 Å². The van der Waals surface area contributed by atoms with Crippen LogP contribution in [-0.2, 0) is 16.1 Å². The highest BCUT2D eigenvalue weighted by atomic mass is 32.1. The van der Waals surface area contributed by atoms with Gasteiger partial charge in [0.1, 0.15) is 18.0 Å². The zero-order valence-corrected chi connectivity index (χ0v) is 14.8. The Morgan fingerprint density at radius 3 is 2.62 bits per heavy atom. The molecular formula is C19H16N2O4S. The minimum Gasteiger partial charge on any atom is -0.468 e. The molecule has 0 unspecified atom stereocenters. The Kier molecular flexibility index (Phi) is 5.60. The summed E-state index contributed by atoms with van der Waals surface area (Å²) >= 11 is 1.27. The summed E-state index contributed by atoms with van der Waals surface area (Å²) in [5.74, 6) is 0.411. The summed E-state index contributed by atoms with van der Waals surface area (Å²) in [6.07, 6.45) is 1.68. The Hall–Kier alpha value is -3.19. The molecular weight excluding hydrogens is 352 g/mol. The van der Waals surface area contributed by atoms with Crippen LogP contribution in [0, 0.1) is 0 Å². The Bertz CT molecular complexity index is 976. The minimum absolute atomic E-state index is 0.00325. The number of aromatic nitrogens is 1. The van der Waals surface area contributed by atoms with Crippen LogP contribution in [0.5, 0.6) is 11.5 Å². The Morgan fingerprint density at radius 2 is 1.85 bits per heavy atom. The van der Waals surface area contributed by atoms with E-state index in [-0.39, 0.29) is 6.54 Å².